The van der Waals surface area contributed by atoms with Crippen molar-refractivity contribution in [2.75, 3.05) is 0 Å². The Morgan fingerprint density at radius 1 is 1.21 bits per heavy atom. The van der Waals surface area contributed by atoms with Crippen LogP contribution < -0.4 is 15.5 Å². The summed E-state index contributed by atoms with van der Waals surface area (Å²) >= 11 is 0. The molecular formula is C22H23N3O3. The molecule has 1 aliphatic rings. The van der Waals surface area contributed by atoms with E-state index in [0.29, 0.717) is 0 Å². The summed E-state index contributed by atoms with van der Waals surface area (Å²) in [5, 5.41) is 5.11. The van der Waals surface area contributed by atoms with Gasteiger partial charge in [0.1, 0.15) is 11.3 Å². The van der Waals surface area contributed by atoms with Crippen LogP contribution in [-0.4, -0.2) is 28.0 Å². The van der Waals surface area contributed by atoms with E-state index in [4.69, 9.17) is 4.74 Å². The molecule has 2 N–H and O–H groups in total. The first-order valence-corrected chi connectivity index (χ1v) is 9.60. The number of benzene rings is 1. The number of aromatic amines is 1. The van der Waals surface area contributed by atoms with Crippen molar-refractivity contribution in [2.45, 2.75) is 44.8 Å². The number of hydrogen-bond donors (Lipinski definition) is 2. The van der Waals surface area contributed by atoms with Crippen molar-refractivity contribution < 1.29 is 9.53 Å². The molecule has 1 fully saturated rings. The smallest absolute Gasteiger partial charge is 0.256 e. The Hall–Kier alpha value is -3.15. The predicted octanol–water partition coefficient (Wildman–Crippen LogP) is 3.35. The average molecular weight is 377 g/mol. The van der Waals surface area contributed by atoms with Crippen LogP contribution in [0.25, 0.3) is 10.8 Å². The van der Waals surface area contributed by atoms with Gasteiger partial charge in [-0.05, 0) is 44.7 Å². The summed E-state index contributed by atoms with van der Waals surface area (Å²) in [6.07, 6.45) is 8.58. The van der Waals surface area contributed by atoms with Crippen LogP contribution in [0.1, 0.15) is 41.7 Å². The molecule has 28 heavy (non-hydrogen) atoms. The first-order chi connectivity index (χ1) is 13.6. The van der Waals surface area contributed by atoms with Crippen LogP contribution >= 0.6 is 0 Å². The molecular weight excluding hydrogens is 354 g/mol. The van der Waals surface area contributed by atoms with Crippen LogP contribution in [0.5, 0.6) is 5.75 Å². The SMILES string of the molecule is Cc1cc(=O)c(C(=O)NC2CCC(Oc3cccc4cnccc34)CC2)c[nH]1. The molecule has 1 saturated carbocycles. The van der Waals surface area contributed by atoms with E-state index in [-0.39, 0.29) is 29.0 Å². The van der Waals surface area contributed by atoms with Gasteiger partial charge in [0, 0.05) is 47.2 Å². The second-order valence-electron chi connectivity index (χ2n) is 7.31. The molecule has 0 atom stereocenters. The lowest BCUT2D eigenvalue weighted by molar-refractivity contribution is 0.0893. The number of ether oxygens (including phenoxy) is 1. The third-order valence-corrected chi connectivity index (χ3v) is 5.25. The molecule has 0 radical (unpaired) electrons. The van der Waals surface area contributed by atoms with Crippen LogP contribution in [0, 0.1) is 6.92 Å². The van der Waals surface area contributed by atoms with Crippen LogP contribution in [0.2, 0.25) is 0 Å². The first kappa shape index (κ1) is 18.2. The number of hydrogen-bond acceptors (Lipinski definition) is 4. The molecule has 2 heterocycles. The minimum Gasteiger partial charge on any atom is -0.490 e. The number of nitrogens with zero attached hydrogens (tertiary/aromatic N) is 1. The minimum absolute atomic E-state index is 0.0600. The van der Waals surface area contributed by atoms with Gasteiger partial charge in [0.2, 0.25) is 0 Å². The van der Waals surface area contributed by atoms with Crippen molar-refractivity contribution in [3.8, 4) is 5.75 Å². The molecule has 1 aromatic carbocycles. The summed E-state index contributed by atoms with van der Waals surface area (Å²) in [4.78, 5) is 31.5. The molecule has 0 bridgehead atoms. The Labute approximate surface area is 163 Å². The number of rotatable bonds is 4. The van der Waals surface area contributed by atoms with E-state index in [1.807, 2.05) is 30.5 Å². The number of aryl methyl sites for hydroxylation is 1. The number of nitrogens with one attached hydrogen (secondary N) is 2. The molecule has 6 heteroatoms. The maximum atomic E-state index is 12.4. The van der Waals surface area contributed by atoms with Gasteiger partial charge in [-0.15, -0.1) is 0 Å². The Balaban J connectivity index is 1.35. The fourth-order valence-corrected chi connectivity index (χ4v) is 3.71. The zero-order chi connectivity index (χ0) is 19.5. The van der Waals surface area contributed by atoms with E-state index >= 15 is 0 Å². The predicted molar refractivity (Wildman–Crippen MR) is 108 cm³/mol. The Morgan fingerprint density at radius 3 is 2.82 bits per heavy atom. The summed E-state index contributed by atoms with van der Waals surface area (Å²) < 4.78 is 6.24. The quantitative estimate of drug-likeness (QED) is 0.730. The van der Waals surface area contributed by atoms with E-state index in [0.717, 1.165) is 47.9 Å². The number of fused-ring (bicyclic) bond motifs is 1. The summed E-state index contributed by atoms with van der Waals surface area (Å²) in [6, 6.07) is 9.46. The number of pyridine rings is 2. The first-order valence-electron chi connectivity index (χ1n) is 9.60. The number of amides is 1. The highest BCUT2D eigenvalue weighted by molar-refractivity contribution is 5.94. The highest BCUT2D eigenvalue weighted by Crippen LogP contribution is 2.29. The van der Waals surface area contributed by atoms with Gasteiger partial charge in [0.15, 0.2) is 5.43 Å². The third kappa shape index (κ3) is 3.91. The van der Waals surface area contributed by atoms with Crippen molar-refractivity contribution in [1.29, 1.82) is 0 Å². The van der Waals surface area contributed by atoms with Gasteiger partial charge in [-0.2, -0.15) is 0 Å². The standard InChI is InChI=1S/C22H23N3O3/c1-14-11-20(26)19(13-24-14)22(27)25-16-5-7-17(8-6-16)28-21-4-2-3-15-12-23-10-9-18(15)21/h2-4,9-13,16-17H,5-8H2,1H3,(H,24,26)(H,25,27). The molecule has 0 saturated heterocycles. The van der Waals surface area contributed by atoms with Gasteiger partial charge in [-0.25, -0.2) is 0 Å². The highest BCUT2D eigenvalue weighted by atomic mass is 16.5. The van der Waals surface area contributed by atoms with Crippen LogP contribution in [0.3, 0.4) is 0 Å². The molecule has 6 nitrogen and oxygen atoms in total. The van der Waals surface area contributed by atoms with Crippen LogP contribution in [0.15, 0.2) is 53.7 Å². The molecule has 4 rings (SSSR count). The maximum Gasteiger partial charge on any atom is 0.256 e. The van der Waals surface area contributed by atoms with Gasteiger partial charge >= 0.3 is 0 Å². The van der Waals surface area contributed by atoms with Crippen molar-refractivity contribution in [3.63, 3.8) is 0 Å². The van der Waals surface area contributed by atoms with Crippen LogP contribution in [-0.2, 0) is 0 Å². The van der Waals surface area contributed by atoms with E-state index in [2.05, 4.69) is 15.3 Å². The van der Waals surface area contributed by atoms with Crippen molar-refractivity contribution in [2.24, 2.45) is 0 Å². The van der Waals surface area contributed by atoms with Gasteiger partial charge in [-0.1, -0.05) is 12.1 Å². The maximum absolute atomic E-state index is 12.4. The zero-order valence-corrected chi connectivity index (χ0v) is 15.8. The van der Waals surface area contributed by atoms with Crippen molar-refractivity contribution in [3.05, 3.63) is 70.4 Å². The largest absolute Gasteiger partial charge is 0.490 e. The van der Waals surface area contributed by atoms with Gasteiger partial charge in [0.05, 0.1) is 6.10 Å². The molecule has 2 aromatic heterocycles. The monoisotopic (exact) mass is 377 g/mol. The molecule has 0 unspecified atom stereocenters. The molecule has 0 aliphatic heterocycles. The summed E-state index contributed by atoms with van der Waals surface area (Å²) in [6.45, 7) is 1.79. The molecule has 3 aromatic rings. The Morgan fingerprint density at radius 2 is 2.04 bits per heavy atom. The third-order valence-electron chi connectivity index (χ3n) is 5.25. The summed E-state index contributed by atoms with van der Waals surface area (Å²) in [7, 11) is 0. The van der Waals surface area contributed by atoms with E-state index in [1.165, 1.54) is 12.3 Å². The van der Waals surface area contributed by atoms with Crippen molar-refractivity contribution >= 4 is 16.7 Å². The number of aromatic nitrogens is 2. The summed E-state index contributed by atoms with van der Waals surface area (Å²) in [5.41, 5.74) is 0.646. The topological polar surface area (TPSA) is 84.1 Å². The second-order valence-corrected chi connectivity index (χ2v) is 7.31. The van der Waals surface area contributed by atoms with E-state index < -0.39 is 0 Å². The van der Waals surface area contributed by atoms with Gasteiger partial charge in [0.25, 0.3) is 5.91 Å². The molecule has 1 aliphatic carbocycles. The number of carbonyl (C=O) groups is 1. The average Bonchev–Trinajstić information content (AvgIpc) is 2.69. The molecule has 1 amide bonds. The molecule has 0 spiro atoms. The summed E-state index contributed by atoms with van der Waals surface area (Å²) in [5.74, 6) is 0.561. The number of H-pyrrole nitrogens is 1. The van der Waals surface area contributed by atoms with Crippen molar-refractivity contribution in [1.82, 2.24) is 15.3 Å². The fourth-order valence-electron chi connectivity index (χ4n) is 3.71. The number of carbonyl (C=O) groups excluding carboxylic acids is 1. The van der Waals surface area contributed by atoms with Gasteiger partial charge in [-0.3, -0.25) is 14.6 Å². The lowest BCUT2D eigenvalue weighted by atomic mass is 9.92. The Bertz CT molecular complexity index is 1050. The van der Waals surface area contributed by atoms with Gasteiger partial charge < -0.3 is 15.0 Å². The zero-order valence-electron chi connectivity index (χ0n) is 15.8. The normalized spacial score (nSPS) is 19.3. The fraction of sp³-hybridized carbons (Fsp3) is 0.318. The molecule has 144 valence electrons. The highest BCUT2D eigenvalue weighted by Gasteiger charge is 2.25. The minimum atomic E-state index is -0.313. The van der Waals surface area contributed by atoms with Crippen LogP contribution in [0.4, 0.5) is 0 Å². The van der Waals surface area contributed by atoms with E-state index in [1.54, 1.807) is 13.1 Å². The lowest BCUT2D eigenvalue weighted by Crippen LogP contribution is -2.41. The Kier molecular flexibility index (Phi) is 5.10. The second kappa shape index (κ2) is 7.84. The van der Waals surface area contributed by atoms with E-state index in [9.17, 15) is 9.59 Å². The lowest BCUT2D eigenvalue weighted by Gasteiger charge is -2.29.